The molecule has 0 saturated carbocycles. The van der Waals surface area contributed by atoms with E-state index in [2.05, 4.69) is 39.1 Å². The van der Waals surface area contributed by atoms with Gasteiger partial charge in [-0.15, -0.1) is 0 Å². The summed E-state index contributed by atoms with van der Waals surface area (Å²) in [6.07, 6.45) is 3.93. The molecule has 6 nitrogen and oxygen atoms in total. The molecule has 1 aliphatic heterocycles. The molecule has 136 valence electrons. The molecule has 26 heavy (non-hydrogen) atoms. The molecule has 0 bridgehead atoms. The van der Waals surface area contributed by atoms with Gasteiger partial charge < -0.3 is 4.52 Å². The maximum atomic E-state index is 13.2. The Balaban J connectivity index is 1.55. The quantitative estimate of drug-likeness (QED) is 0.747. The largest absolute Gasteiger partial charge is 0.338 e. The van der Waals surface area contributed by atoms with Crippen LogP contribution in [-0.4, -0.2) is 31.8 Å². The van der Waals surface area contributed by atoms with Crippen LogP contribution in [0.3, 0.4) is 0 Å². The van der Waals surface area contributed by atoms with Crippen LogP contribution in [0.25, 0.3) is 11.3 Å². The summed E-state index contributed by atoms with van der Waals surface area (Å²) in [5, 5.41) is 11.3. The lowest BCUT2D eigenvalue weighted by Gasteiger charge is -2.21. The van der Waals surface area contributed by atoms with Gasteiger partial charge in [0.1, 0.15) is 5.82 Å². The van der Waals surface area contributed by atoms with Gasteiger partial charge in [0.25, 0.3) is 0 Å². The third-order valence-electron chi connectivity index (χ3n) is 4.85. The molecule has 4 rings (SSSR count). The zero-order chi connectivity index (χ0) is 18.1. The molecule has 1 unspecified atom stereocenters. The molecule has 1 aliphatic rings. The zero-order valence-electron chi connectivity index (χ0n) is 14.9. The van der Waals surface area contributed by atoms with E-state index in [0.717, 1.165) is 48.6 Å². The number of rotatable bonds is 5. The lowest BCUT2D eigenvalue weighted by molar-refractivity contribution is 0.201. The number of halogens is 1. The molecule has 3 heterocycles. The second kappa shape index (κ2) is 6.99. The van der Waals surface area contributed by atoms with Gasteiger partial charge >= 0.3 is 0 Å². The van der Waals surface area contributed by atoms with E-state index in [9.17, 15) is 4.39 Å². The molecular formula is C19H22FN5O. The first-order chi connectivity index (χ1) is 12.6. The van der Waals surface area contributed by atoms with Gasteiger partial charge in [-0.1, -0.05) is 19.0 Å². The highest BCUT2D eigenvalue weighted by Crippen LogP contribution is 2.34. The Morgan fingerprint density at radius 1 is 1.31 bits per heavy atom. The van der Waals surface area contributed by atoms with Crippen LogP contribution < -0.4 is 0 Å². The number of hydrogen-bond donors (Lipinski definition) is 1. The van der Waals surface area contributed by atoms with Gasteiger partial charge in [0.2, 0.25) is 5.89 Å². The van der Waals surface area contributed by atoms with Crippen LogP contribution in [0.2, 0.25) is 0 Å². The van der Waals surface area contributed by atoms with Crippen LogP contribution in [-0.2, 0) is 6.54 Å². The van der Waals surface area contributed by atoms with Crippen molar-refractivity contribution >= 4 is 0 Å². The molecule has 1 N–H and O–H groups in total. The van der Waals surface area contributed by atoms with E-state index in [0.29, 0.717) is 5.89 Å². The first kappa shape index (κ1) is 16.9. The number of nitrogens with zero attached hydrogens (tertiary/aromatic N) is 4. The standard InChI is InChI=1S/C19H22FN5O/c1-12(2)18-22-19(26-24-18)16-4-3-9-25(16)11-14-10-21-23-17(14)13-5-7-15(20)8-6-13/h5-8,10,12,16H,3-4,9,11H2,1-2H3,(H,21,23). The zero-order valence-corrected chi connectivity index (χ0v) is 14.9. The number of hydrogen-bond acceptors (Lipinski definition) is 5. The van der Waals surface area contributed by atoms with Crippen molar-refractivity contribution in [3.05, 3.63) is 53.6 Å². The molecule has 0 amide bonds. The minimum atomic E-state index is -0.244. The summed E-state index contributed by atoms with van der Waals surface area (Å²) in [6, 6.07) is 6.59. The van der Waals surface area contributed by atoms with E-state index in [1.807, 2.05) is 6.20 Å². The topological polar surface area (TPSA) is 70.8 Å². The first-order valence-corrected chi connectivity index (χ1v) is 8.97. The average Bonchev–Trinajstić information content (AvgIpc) is 3.35. The third-order valence-corrected chi connectivity index (χ3v) is 4.85. The maximum Gasteiger partial charge on any atom is 0.244 e. The van der Waals surface area contributed by atoms with Crippen LogP contribution in [0.5, 0.6) is 0 Å². The van der Waals surface area contributed by atoms with Crippen molar-refractivity contribution in [1.82, 2.24) is 25.2 Å². The molecular weight excluding hydrogens is 333 g/mol. The maximum absolute atomic E-state index is 13.2. The van der Waals surface area contributed by atoms with Crippen LogP contribution in [0.4, 0.5) is 4.39 Å². The molecule has 1 fully saturated rings. The van der Waals surface area contributed by atoms with E-state index < -0.39 is 0 Å². The number of likely N-dealkylation sites (tertiary alicyclic amines) is 1. The SMILES string of the molecule is CC(C)c1noc(C2CCCN2Cc2cn[nH]c2-c2ccc(F)cc2)n1. The fraction of sp³-hybridized carbons (Fsp3) is 0.421. The normalized spacial score (nSPS) is 18.1. The first-order valence-electron chi connectivity index (χ1n) is 8.97. The summed E-state index contributed by atoms with van der Waals surface area (Å²) in [5.74, 6) is 1.45. The van der Waals surface area contributed by atoms with Crippen molar-refractivity contribution in [3.8, 4) is 11.3 Å². The predicted octanol–water partition coefficient (Wildman–Crippen LogP) is 4.06. The van der Waals surface area contributed by atoms with Crippen molar-refractivity contribution in [3.63, 3.8) is 0 Å². The fourth-order valence-electron chi connectivity index (χ4n) is 3.43. The summed E-state index contributed by atoms with van der Waals surface area (Å²) in [7, 11) is 0. The van der Waals surface area contributed by atoms with Crippen LogP contribution >= 0.6 is 0 Å². The van der Waals surface area contributed by atoms with E-state index >= 15 is 0 Å². The van der Waals surface area contributed by atoms with Crippen LogP contribution in [0.1, 0.15) is 55.9 Å². The Labute approximate surface area is 151 Å². The summed E-state index contributed by atoms with van der Waals surface area (Å²) in [5.41, 5.74) is 2.92. The number of aromatic amines is 1. The molecule has 1 aromatic carbocycles. The highest BCUT2D eigenvalue weighted by Gasteiger charge is 2.31. The summed E-state index contributed by atoms with van der Waals surface area (Å²) >= 11 is 0. The number of benzene rings is 1. The number of nitrogens with one attached hydrogen (secondary N) is 1. The molecule has 1 atom stereocenters. The van der Waals surface area contributed by atoms with E-state index in [4.69, 9.17) is 4.52 Å². The summed E-state index contributed by atoms with van der Waals surface area (Å²) in [6.45, 7) is 5.81. The second-order valence-electron chi connectivity index (χ2n) is 7.05. The lowest BCUT2D eigenvalue weighted by Crippen LogP contribution is -2.23. The van der Waals surface area contributed by atoms with Gasteiger partial charge in [0.05, 0.1) is 17.9 Å². The predicted molar refractivity (Wildman–Crippen MR) is 94.8 cm³/mol. The molecule has 0 radical (unpaired) electrons. The minimum absolute atomic E-state index is 0.131. The van der Waals surface area contributed by atoms with Gasteiger partial charge in [0.15, 0.2) is 5.82 Å². The minimum Gasteiger partial charge on any atom is -0.338 e. The Kier molecular flexibility index (Phi) is 4.55. The van der Waals surface area contributed by atoms with E-state index in [1.165, 1.54) is 12.1 Å². The molecule has 2 aromatic heterocycles. The van der Waals surface area contributed by atoms with Crippen molar-refractivity contribution in [1.29, 1.82) is 0 Å². The van der Waals surface area contributed by atoms with Gasteiger partial charge in [-0.2, -0.15) is 10.1 Å². The highest BCUT2D eigenvalue weighted by molar-refractivity contribution is 5.62. The smallest absolute Gasteiger partial charge is 0.244 e. The lowest BCUT2D eigenvalue weighted by atomic mass is 10.1. The Morgan fingerprint density at radius 3 is 2.85 bits per heavy atom. The van der Waals surface area contributed by atoms with Crippen molar-refractivity contribution in [2.24, 2.45) is 0 Å². The Bertz CT molecular complexity index is 870. The van der Waals surface area contributed by atoms with Gasteiger partial charge in [0, 0.05) is 23.6 Å². The van der Waals surface area contributed by atoms with E-state index in [-0.39, 0.29) is 17.8 Å². The summed E-state index contributed by atoms with van der Waals surface area (Å²) in [4.78, 5) is 6.92. The second-order valence-corrected chi connectivity index (χ2v) is 7.05. The third kappa shape index (κ3) is 3.26. The Morgan fingerprint density at radius 2 is 2.12 bits per heavy atom. The Hall–Kier alpha value is -2.54. The molecule has 0 spiro atoms. The van der Waals surface area contributed by atoms with Crippen LogP contribution in [0.15, 0.2) is 35.0 Å². The number of H-pyrrole nitrogens is 1. The molecule has 3 aromatic rings. The average molecular weight is 355 g/mol. The fourth-order valence-corrected chi connectivity index (χ4v) is 3.43. The molecule has 1 saturated heterocycles. The molecule has 0 aliphatic carbocycles. The monoisotopic (exact) mass is 355 g/mol. The summed E-state index contributed by atoms with van der Waals surface area (Å²) < 4.78 is 18.7. The van der Waals surface area contributed by atoms with Crippen molar-refractivity contribution < 1.29 is 8.91 Å². The van der Waals surface area contributed by atoms with Crippen molar-refractivity contribution in [2.75, 3.05) is 6.54 Å². The van der Waals surface area contributed by atoms with Crippen molar-refractivity contribution in [2.45, 2.75) is 45.2 Å². The number of aromatic nitrogens is 4. The van der Waals surface area contributed by atoms with Crippen LogP contribution in [0, 0.1) is 5.82 Å². The highest BCUT2D eigenvalue weighted by atomic mass is 19.1. The van der Waals surface area contributed by atoms with Gasteiger partial charge in [-0.05, 0) is 43.7 Å². The van der Waals surface area contributed by atoms with Gasteiger partial charge in [-0.3, -0.25) is 10.00 Å². The van der Waals surface area contributed by atoms with E-state index in [1.54, 1.807) is 12.1 Å². The van der Waals surface area contributed by atoms with Gasteiger partial charge in [-0.25, -0.2) is 4.39 Å². The molecule has 7 heteroatoms.